The minimum absolute atomic E-state index is 0.0468. The monoisotopic (exact) mass is 397 g/mol. The summed E-state index contributed by atoms with van der Waals surface area (Å²) in [6.07, 6.45) is 5.83. The van der Waals surface area contributed by atoms with Gasteiger partial charge >= 0.3 is 6.18 Å². The van der Waals surface area contributed by atoms with E-state index in [1.54, 1.807) is 0 Å². The molecule has 1 heterocycles. The Morgan fingerprint density at radius 1 is 1.25 bits per heavy atom. The maximum absolute atomic E-state index is 14.6. The average Bonchev–Trinajstić information content (AvgIpc) is 2.67. The summed E-state index contributed by atoms with van der Waals surface area (Å²) in [6, 6.07) is 1.60. The molecule has 0 spiro atoms. The van der Waals surface area contributed by atoms with E-state index in [1.165, 1.54) is 0 Å². The summed E-state index contributed by atoms with van der Waals surface area (Å²) in [7, 11) is 0. The third-order valence-corrected chi connectivity index (χ3v) is 6.13. The van der Waals surface area contributed by atoms with Crippen molar-refractivity contribution in [2.45, 2.75) is 51.2 Å². The molecule has 0 saturated carbocycles. The van der Waals surface area contributed by atoms with Gasteiger partial charge in [-0.05, 0) is 54.7 Å². The molecule has 3 rings (SSSR count). The first-order valence-corrected chi connectivity index (χ1v) is 9.83. The average molecular weight is 397 g/mol. The fourth-order valence-electron chi connectivity index (χ4n) is 4.41. The molecule has 6 heteroatoms. The van der Waals surface area contributed by atoms with Gasteiger partial charge in [0.25, 0.3) is 0 Å². The topological polar surface area (TPSA) is 32.3 Å². The lowest BCUT2D eigenvalue weighted by molar-refractivity contribution is -0.137. The molecule has 0 fully saturated rings. The van der Waals surface area contributed by atoms with Crippen molar-refractivity contribution in [2.24, 2.45) is 17.8 Å². The minimum atomic E-state index is -4.58. The van der Waals surface area contributed by atoms with Gasteiger partial charge in [0.05, 0.1) is 11.3 Å². The second kappa shape index (κ2) is 8.27. The van der Waals surface area contributed by atoms with E-state index in [1.807, 2.05) is 26.0 Å². The Morgan fingerprint density at radius 2 is 2.00 bits per heavy atom. The molecule has 5 atom stereocenters. The quantitative estimate of drug-likeness (QED) is 0.607. The van der Waals surface area contributed by atoms with Crippen molar-refractivity contribution in [3.8, 4) is 0 Å². The molecule has 1 aliphatic heterocycles. The van der Waals surface area contributed by atoms with Gasteiger partial charge in [0.15, 0.2) is 0 Å². The second-order valence-electron chi connectivity index (χ2n) is 8.12. The van der Waals surface area contributed by atoms with E-state index in [9.17, 15) is 22.7 Å². The zero-order chi connectivity index (χ0) is 20.5. The van der Waals surface area contributed by atoms with Crippen molar-refractivity contribution >= 4 is 5.69 Å². The van der Waals surface area contributed by atoms with Crippen LogP contribution in [0.25, 0.3) is 0 Å². The predicted octanol–water partition coefficient (Wildman–Crippen LogP) is 5.90. The number of nitrogens with one attached hydrogen (secondary N) is 1. The van der Waals surface area contributed by atoms with E-state index in [0.717, 1.165) is 25.3 Å². The number of rotatable bonds is 5. The number of hydrogen-bond acceptors (Lipinski definition) is 2. The lowest BCUT2D eigenvalue weighted by Crippen LogP contribution is -2.43. The van der Waals surface area contributed by atoms with E-state index >= 15 is 0 Å². The third kappa shape index (κ3) is 4.27. The van der Waals surface area contributed by atoms with Gasteiger partial charge in [0, 0.05) is 18.6 Å². The highest BCUT2D eigenvalue weighted by molar-refractivity contribution is 5.59. The lowest BCUT2D eigenvalue weighted by atomic mass is 9.70. The molecule has 2 aliphatic rings. The van der Waals surface area contributed by atoms with Crippen molar-refractivity contribution in [2.75, 3.05) is 11.9 Å². The highest BCUT2D eigenvalue weighted by Crippen LogP contribution is 2.46. The number of halogens is 4. The minimum Gasteiger partial charge on any atom is -0.396 e. The van der Waals surface area contributed by atoms with Crippen LogP contribution >= 0.6 is 0 Å². The fraction of sp³-hybridized carbons (Fsp3) is 0.545. The van der Waals surface area contributed by atoms with Crippen LogP contribution in [0.4, 0.5) is 23.2 Å². The van der Waals surface area contributed by atoms with Crippen molar-refractivity contribution < 1.29 is 22.7 Å². The van der Waals surface area contributed by atoms with E-state index in [4.69, 9.17) is 0 Å². The summed E-state index contributed by atoms with van der Waals surface area (Å²) in [5, 5.41) is 12.6. The fourth-order valence-corrected chi connectivity index (χ4v) is 4.41. The first kappa shape index (κ1) is 20.9. The van der Waals surface area contributed by atoms with Crippen molar-refractivity contribution in [3.05, 3.63) is 53.4 Å². The molecule has 0 aromatic heterocycles. The third-order valence-electron chi connectivity index (χ3n) is 6.13. The number of aliphatic hydroxyl groups excluding tert-OH is 1. The van der Waals surface area contributed by atoms with Crippen molar-refractivity contribution in [3.63, 3.8) is 0 Å². The van der Waals surface area contributed by atoms with Crippen LogP contribution in [0.3, 0.4) is 0 Å². The van der Waals surface area contributed by atoms with E-state index in [-0.39, 0.29) is 42.0 Å². The molecular formula is C22H27F4NO. The van der Waals surface area contributed by atoms with E-state index in [2.05, 4.69) is 17.5 Å². The normalized spacial score (nSPS) is 28.0. The number of hydrogen-bond donors (Lipinski definition) is 2. The molecule has 0 bridgehead atoms. The number of aliphatic hydroxyl groups is 1. The van der Waals surface area contributed by atoms with Crippen molar-refractivity contribution in [1.29, 1.82) is 0 Å². The van der Waals surface area contributed by atoms with Gasteiger partial charge < -0.3 is 10.4 Å². The number of benzene rings is 1. The zero-order valence-electron chi connectivity index (χ0n) is 16.1. The summed E-state index contributed by atoms with van der Waals surface area (Å²) in [4.78, 5) is 0. The van der Waals surface area contributed by atoms with Crippen LogP contribution in [0.2, 0.25) is 0 Å². The molecule has 2 nitrogen and oxygen atoms in total. The van der Waals surface area contributed by atoms with Crippen LogP contribution in [0, 0.1) is 23.6 Å². The standard InChI is InChI=1S/C22H27F4NO/c1-13(12-28)8-9-17-14(2)18-10-16(22(24,25)26)11-19(23)21(18)27-20(17)15-6-4-3-5-7-15/h3-6,10-11,13-15,17,20,27-28H,7-9,12H2,1-2H3/t13-,14?,15?,17-,20+/m1/s1. The smallest absolute Gasteiger partial charge is 0.396 e. The molecule has 0 radical (unpaired) electrons. The summed E-state index contributed by atoms with van der Waals surface area (Å²) < 4.78 is 54.2. The Labute approximate surface area is 163 Å². The molecule has 1 aliphatic carbocycles. The number of fused-ring (bicyclic) bond motifs is 1. The molecule has 1 aromatic rings. The predicted molar refractivity (Wildman–Crippen MR) is 103 cm³/mol. The summed E-state index contributed by atoms with van der Waals surface area (Å²) in [5.41, 5.74) is -0.362. The van der Waals surface area contributed by atoms with E-state index in [0.29, 0.717) is 11.6 Å². The zero-order valence-corrected chi connectivity index (χ0v) is 16.1. The highest BCUT2D eigenvalue weighted by atomic mass is 19.4. The first-order valence-electron chi connectivity index (χ1n) is 9.83. The lowest BCUT2D eigenvalue weighted by Gasteiger charge is -2.43. The van der Waals surface area contributed by atoms with Gasteiger partial charge in [0.2, 0.25) is 0 Å². The number of alkyl halides is 3. The van der Waals surface area contributed by atoms with Gasteiger partial charge in [-0.2, -0.15) is 13.2 Å². The Hall–Kier alpha value is -1.82. The van der Waals surface area contributed by atoms with Gasteiger partial charge in [0.1, 0.15) is 5.82 Å². The van der Waals surface area contributed by atoms with Crippen LogP contribution in [0.1, 0.15) is 50.2 Å². The van der Waals surface area contributed by atoms with Gasteiger partial charge in [-0.25, -0.2) is 4.39 Å². The van der Waals surface area contributed by atoms with E-state index < -0.39 is 17.6 Å². The first-order chi connectivity index (χ1) is 13.2. The maximum atomic E-state index is 14.6. The van der Waals surface area contributed by atoms with Crippen LogP contribution in [0.5, 0.6) is 0 Å². The molecule has 2 N–H and O–H groups in total. The van der Waals surface area contributed by atoms with Crippen LogP contribution < -0.4 is 5.32 Å². The largest absolute Gasteiger partial charge is 0.416 e. The summed E-state index contributed by atoms with van der Waals surface area (Å²) in [5.74, 6) is -0.751. The Balaban J connectivity index is 1.98. The second-order valence-corrected chi connectivity index (χ2v) is 8.12. The number of anilines is 1. The SMILES string of the molecule is CC1c2cc(C(F)(F)F)cc(F)c2N[C@@H](C2C=CC=CC2)[C@@H]1CC[C@@H](C)CO. The Morgan fingerprint density at radius 3 is 2.61 bits per heavy atom. The summed E-state index contributed by atoms with van der Waals surface area (Å²) >= 11 is 0. The van der Waals surface area contributed by atoms with Crippen LogP contribution in [-0.4, -0.2) is 17.8 Å². The molecular weight excluding hydrogens is 370 g/mol. The van der Waals surface area contributed by atoms with Crippen LogP contribution in [0.15, 0.2) is 36.4 Å². The molecule has 0 amide bonds. The molecule has 28 heavy (non-hydrogen) atoms. The molecule has 0 saturated heterocycles. The summed E-state index contributed by atoms with van der Waals surface area (Å²) in [6.45, 7) is 3.92. The van der Waals surface area contributed by atoms with Gasteiger partial charge in [-0.1, -0.05) is 38.2 Å². The highest BCUT2D eigenvalue weighted by Gasteiger charge is 2.41. The van der Waals surface area contributed by atoms with Crippen molar-refractivity contribution in [1.82, 2.24) is 0 Å². The Bertz CT molecular complexity index is 756. The van der Waals surface area contributed by atoms with Gasteiger partial charge in [-0.3, -0.25) is 0 Å². The van der Waals surface area contributed by atoms with Crippen LogP contribution in [-0.2, 0) is 6.18 Å². The maximum Gasteiger partial charge on any atom is 0.416 e. The van der Waals surface area contributed by atoms with Gasteiger partial charge in [-0.15, -0.1) is 0 Å². The molecule has 1 aromatic carbocycles. The Kier molecular flexibility index (Phi) is 6.18. The number of allylic oxidation sites excluding steroid dienone is 3. The molecule has 2 unspecified atom stereocenters. The molecule has 154 valence electrons.